The molecule has 1 aliphatic rings. The van der Waals surface area contributed by atoms with E-state index in [-0.39, 0.29) is 23.3 Å². The van der Waals surface area contributed by atoms with Gasteiger partial charge in [0.2, 0.25) is 0 Å². The van der Waals surface area contributed by atoms with Crippen molar-refractivity contribution in [2.75, 3.05) is 11.9 Å². The molecule has 0 spiro atoms. The Labute approximate surface area is 116 Å². The maximum atomic E-state index is 13.7. The summed E-state index contributed by atoms with van der Waals surface area (Å²) in [6, 6.07) is 3.22. The first kappa shape index (κ1) is 14.3. The number of nitrogens with one attached hydrogen (secondary N) is 1. The summed E-state index contributed by atoms with van der Waals surface area (Å²) in [5.74, 6) is -1.95. The van der Waals surface area contributed by atoms with Crippen LogP contribution in [0.5, 0.6) is 0 Å². The highest BCUT2D eigenvalue weighted by atomic mass is 19.1. The normalized spacial score (nSPS) is 18.7. The molecule has 6 heteroatoms. The molecule has 108 valence electrons. The van der Waals surface area contributed by atoms with Crippen LogP contribution in [-0.4, -0.2) is 34.6 Å². The average molecular weight is 280 g/mol. The molecule has 1 unspecified atom stereocenters. The van der Waals surface area contributed by atoms with Gasteiger partial charge in [0.25, 0.3) is 0 Å². The molecule has 1 aromatic carbocycles. The summed E-state index contributed by atoms with van der Waals surface area (Å²) in [6.45, 7) is 2.62. The van der Waals surface area contributed by atoms with Crippen LogP contribution in [0.15, 0.2) is 18.2 Å². The predicted molar refractivity (Wildman–Crippen MR) is 72.4 cm³/mol. The molecule has 1 heterocycles. The van der Waals surface area contributed by atoms with Gasteiger partial charge in [-0.3, -0.25) is 0 Å². The molecule has 5 nitrogen and oxygen atoms in total. The molecule has 1 aliphatic heterocycles. The fraction of sp³-hybridized carbons (Fsp3) is 0.429. The highest BCUT2D eigenvalue weighted by Crippen LogP contribution is 2.20. The van der Waals surface area contributed by atoms with Gasteiger partial charge < -0.3 is 15.3 Å². The molecule has 1 saturated heterocycles. The minimum atomic E-state index is -1.20. The zero-order valence-electron chi connectivity index (χ0n) is 11.2. The Kier molecular flexibility index (Phi) is 4.22. The average Bonchev–Trinajstić information content (AvgIpc) is 2.41. The maximum Gasteiger partial charge on any atom is 0.335 e. The molecular weight excluding hydrogens is 263 g/mol. The number of nitrogens with zero attached hydrogens (tertiary/aromatic N) is 1. The first-order valence-electron chi connectivity index (χ1n) is 6.59. The number of carbonyl (C=O) groups is 2. The lowest BCUT2D eigenvalue weighted by molar-refractivity contribution is 0.0696. The van der Waals surface area contributed by atoms with Crippen molar-refractivity contribution in [1.29, 1.82) is 0 Å². The van der Waals surface area contributed by atoms with E-state index in [1.165, 1.54) is 12.1 Å². The van der Waals surface area contributed by atoms with Crippen LogP contribution >= 0.6 is 0 Å². The van der Waals surface area contributed by atoms with Gasteiger partial charge in [-0.15, -0.1) is 0 Å². The molecule has 0 saturated carbocycles. The molecular formula is C14H17FN2O3. The molecule has 0 bridgehead atoms. The van der Waals surface area contributed by atoms with Gasteiger partial charge in [0.15, 0.2) is 0 Å². The SMILES string of the molecule is CC1CCCCN1C(=O)Nc1ccc(C(=O)O)cc1F. The second-order valence-corrected chi connectivity index (χ2v) is 4.97. The highest BCUT2D eigenvalue weighted by molar-refractivity contribution is 5.92. The molecule has 1 fully saturated rings. The van der Waals surface area contributed by atoms with E-state index in [1.54, 1.807) is 4.90 Å². The third-order valence-electron chi connectivity index (χ3n) is 3.52. The maximum absolute atomic E-state index is 13.7. The van der Waals surface area contributed by atoms with Crippen LogP contribution in [0, 0.1) is 5.82 Å². The van der Waals surface area contributed by atoms with Gasteiger partial charge in [-0.25, -0.2) is 14.0 Å². The number of aromatic carboxylic acids is 1. The first-order valence-corrected chi connectivity index (χ1v) is 6.59. The number of urea groups is 1. The fourth-order valence-electron chi connectivity index (χ4n) is 2.34. The van der Waals surface area contributed by atoms with Crippen molar-refractivity contribution >= 4 is 17.7 Å². The molecule has 2 amide bonds. The molecule has 0 aromatic heterocycles. The number of benzene rings is 1. The van der Waals surface area contributed by atoms with E-state index in [0.717, 1.165) is 25.3 Å². The Morgan fingerprint density at radius 1 is 1.40 bits per heavy atom. The van der Waals surface area contributed by atoms with Gasteiger partial charge in [-0.2, -0.15) is 0 Å². The third-order valence-corrected chi connectivity index (χ3v) is 3.52. The number of carboxylic acid groups (broad SMARTS) is 1. The molecule has 20 heavy (non-hydrogen) atoms. The van der Waals surface area contributed by atoms with Gasteiger partial charge >= 0.3 is 12.0 Å². The van der Waals surface area contributed by atoms with Crippen LogP contribution in [0.4, 0.5) is 14.9 Å². The number of rotatable bonds is 2. The summed E-state index contributed by atoms with van der Waals surface area (Å²) in [7, 11) is 0. The fourth-order valence-corrected chi connectivity index (χ4v) is 2.34. The largest absolute Gasteiger partial charge is 0.478 e. The zero-order chi connectivity index (χ0) is 14.7. The molecule has 0 aliphatic carbocycles. The van der Waals surface area contributed by atoms with Crippen molar-refractivity contribution < 1.29 is 19.1 Å². The Morgan fingerprint density at radius 3 is 2.75 bits per heavy atom. The molecule has 1 atom stereocenters. The van der Waals surface area contributed by atoms with Crippen molar-refractivity contribution in [3.8, 4) is 0 Å². The smallest absolute Gasteiger partial charge is 0.335 e. The Bertz CT molecular complexity index is 533. The van der Waals surface area contributed by atoms with E-state index in [4.69, 9.17) is 5.11 Å². The standard InChI is InChI=1S/C14H17FN2O3/c1-9-4-2-3-7-17(9)14(20)16-12-6-5-10(13(18)19)8-11(12)15/h5-6,8-9H,2-4,7H2,1H3,(H,16,20)(H,18,19). The highest BCUT2D eigenvalue weighted by Gasteiger charge is 2.23. The van der Waals surface area contributed by atoms with Gasteiger partial charge in [0.05, 0.1) is 11.3 Å². The van der Waals surface area contributed by atoms with E-state index in [1.807, 2.05) is 6.92 Å². The second kappa shape index (κ2) is 5.90. The van der Waals surface area contributed by atoms with Crippen LogP contribution in [0.2, 0.25) is 0 Å². The lowest BCUT2D eigenvalue weighted by Gasteiger charge is -2.33. The third kappa shape index (κ3) is 3.07. The number of anilines is 1. The van der Waals surface area contributed by atoms with E-state index in [2.05, 4.69) is 5.32 Å². The summed E-state index contributed by atoms with van der Waals surface area (Å²) in [6.07, 6.45) is 2.97. The number of likely N-dealkylation sites (tertiary alicyclic amines) is 1. The van der Waals surface area contributed by atoms with E-state index < -0.39 is 11.8 Å². The Hall–Kier alpha value is -2.11. The van der Waals surface area contributed by atoms with Crippen LogP contribution < -0.4 is 5.32 Å². The van der Waals surface area contributed by atoms with Gasteiger partial charge in [-0.1, -0.05) is 0 Å². The number of piperidine rings is 1. The van der Waals surface area contributed by atoms with Gasteiger partial charge in [-0.05, 0) is 44.4 Å². The summed E-state index contributed by atoms with van der Waals surface area (Å²) in [5, 5.41) is 11.3. The van der Waals surface area contributed by atoms with Crippen LogP contribution in [0.25, 0.3) is 0 Å². The van der Waals surface area contributed by atoms with Crippen molar-refractivity contribution in [2.45, 2.75) is 32.2 Å². The monoisotopic (exact) mass is 280 g/mol. The first-order chi connectivity index (χ1) is 9.49. The predicted octanol–water partition coefficient (Wildman–Crippen LogP) is 2.93. The number of hydrogen-bond acceptors (Lipinski definition) is 2. The Morgan fingerprint density at radius 2 is 2.15 bits per heavy atom. The van der Waals surface area contributed by atoms with E-state index in [0.29, 0.717) is 6.54 Å². The quantitative estimate of drug-likeness (QED) is 0.875. The molecule has 1 aromatic rings. The molecule has 2 rings (SSSR count). The van der Waals surface area contributed by atoms with E-state index in [9.17, 15) is 14.0 Å². The minimum absolute atomic E-state index is 0.00206. The summed E-state index contributed by atoms with van der Waals surface area (Å²) in [4.78, 5) is 24.5. The topological polar surface area (TPSA) is 69.6 Å². The Balaban J connectivity index is 2.09. The lowest BCUT2D eigenvalue weighted by atomic mass is 10.0. The van der Waals surface area contributed by atoms with Crippen molar-refractivity contribution in [2.24, 2.45) is 0 Å². The molecule has 2 N–H and O–H groups in total. The van der Waals surface area contributed by atoms with Gasteiger partial charge in [0, 0.05) is 12.6 Å². The summed E-state index contributed by atoms with van der Waals surface area (Å²) < 4.78 is 13.7. The number of carbonyl (C=O) groups excluding carboxylic acids is 1. The number of hydrogen-bond donors (Lipinski definition) is 2. The zero-order valence-corrected chi connectivity index (χ0v) is 11.2. The van der Waals surface area contributed by atoms with Crippen molar-refractivity contribution in [3.63, 3.8) is 0 Å². The lowest BCUT2D eigenvalue weighted by Crippen LogP contribution is -2.44. The number of amides is 2. The van der Waals surface area contributed by atoms with Crippen molar-refractivity contribution in [3.05, 3.63) is 29.6 Å². The van der Waals surface area contributed by atoms with Gasteiger partial charge in [0.1, 0.15) is 5.82 Å². The minimum Gasteiger partial charge on any atom is -0.478 e. The van der Waals surface area contributed by atoms with Crippen LogP contribution in [0.1, 0.15) is 36.5 Å². The van der Waals surface area contributed by atoms with E-state index >= 15 is 0 Å². The second-order valence-electron chi connectivity index (χ2n) is 4.97. The number of carboxylic acids is 1. The number of halogens is 1. The van der Waals surface area contributed by atoms with Crippen molar-refractivity contribution in [1.82, 2.24) is 4.90 Å². The summed E-state index contributed by atoms with van der Waals surface area (Å²) in [5.41, 5.74) is -0.149. The summed E-state index contributed by atoms with van der Waals surface area (Å²) >= 11 is 0. The van der Waals surface area contributed by atoms with Crippen LogP contribution in [-0.2, 0) is 0 Å². The van der Waals surface area contributed by atoms with Crippen LogP contribution in [0.3, 0.4) is 0 Å². The molecule has 0 radical (unpaired) electrons.